The van der Waals surface area contributed by atoms with Crippen molar-refractivity contribution in [3.63, 3.8) is 0 Å². The molecule has 1 saturated heterocycles. The Balaban J connectivity index is 2.22. The second kappa shape index (κ2) is 3.00. The molecule has 0 N–H and O–H groups in total. The smallest absolute Gasteiger partial charge is 0.134 e. The molecule has 12 heavy (non-hydrogen) atoms. The minimum atomic E-state index is -0.190. The van der Waals surface area contributed by atoms with E-state index in [1.54, 1.807) is 0 Å². The van der Waals surface area contributed by atoms with Crippen LogP contribution in [0.15, 0.2) is 24.0 Å². The van der Waals surface area contributed by atoms with Crippen molar-refractivity contribution in [2.24, 2.45) is 5.92 Å². The van der Waals surface area contributed by atoms with Crippen LogP contribution in [0.1, 0.15) is 0 Å². The van der Waals surface area contributed by atoms with Gasteiger partial charge in [0.25, 0.3) is 0 Å². The molecule has 3 nitrogen and oxygen atoms in total. The molecule has 3 heteroatoms. The second-order valence-electron chi connectivity index (χ2n) is 2.75. The number of nitrogens with zero attached hydrogens (tertiary/aromatic N) is 1. The fourth-order valence-electron chi connectivity index (χ4n) is 1.40. The SMILES string of the molecule is N#CC1C=CC=C2OCCOC21. The molecule has 62 valence electrons. The monoisotopic (exact) mass is 163 g/mol. The van der Waals surface area contributed by atoms with Crippen LogP contribution in [0.3, 0.4) is 0 Å². The van der Waals surface area contributed by atoms with Gasteiger partial charge in [-0.15, -0.1) is 0 Å². The van der Waals surface area contributed by atoms with Crippen LogP contribution in [0.2, 0.25) is 0 Å². The predicted octanol–water partition coefficient (Wildman–Crippen LogP) is 0.995. The molecule has 2 rings (SSSR count). The van der Waals surface area contributed by atoms with E-state index in [4.69, 9.17) is 14.7 Å². The molecule has 0 amide bonds. The minimum absolute atomic E-state index is 0.172. The van der Waals surface area contributed by atoms with E-state index < -0.39 is 0 Å². The van der Waals surface area contributed by atoms with E-state index in [-0.39, 0.29) is 12.0 Å². The van der Waals surface area contributed by atoms with Crippen molar-refractivity contribution in [2.75, 3.05) is 13.2 Å². The highest BCUT2D eigenvalue weighted by Crippen LogP contribution is 2.25. The van der Waals surface area contributed by atoms with Crippen LogP contribution in [0, 0.1) is 17.2 Å². The molecule has 1 aliphatic carbocycles. The molecule has 0 aromatic heterocycles. The summed E-state index contributed by atoms with van der Waals surface area (Å²) in [6.45, 7) is 1.17. The number of rotatable bonds is 0. The maximum absolute atomic E-state index is 8.77. The first-order valence-electron chi connectivity index (χ1n) is 3.94. The third-order valence-corrected chi connectivity index (χ3v) is 1.98. The van der Waals surface area contributed by atoms with E-state index >= 15 is 0 Å². The number of fused-ring (bicyclic) bond motifs is 1. The highest BCUT2D eigenvalue weighted by atomic mass is 16.6. The van der Waals surface area contributed by atoms with Crippen molar-refractivity contribution < 1.29 is 9.47 Å². The van der Waals surface area contributed by atoms with Gasteiger partial charge in [-0.3, -0.25) is 0 Å². The van der Waals surface area contributed by atoms with E-state index in [2.05, 4.69) is 6.07 Å². The molecule has 0 aromatic carbocycles. The fourth-order valence-corrected chi connectivity index (χ4v) is 1.40. The van der Waals surface area contributed by atoms with Crippen LogP contribution >= 0.6 is 0 Å². The Morgan fingerprint density at radius 3 is 3.25 bits per heavy atom. The molecular formula is C9H9NO2. The average molecular weight is 163 g/mol. The Bertz CT molecular complexity index is 275. The molecule has 0 radical (unpaired) electrons. The maximum atomic E-state index is 8.77. The summed E-state index contributed by atoms with van der Waals surface area (Å²) >= 11 is 0. The van der Waals surface area contributed by atoms with Crippen molar-refractivity contribution in [3.8, 4) is 6.07 Å². The molecule has 2 atom stereocenters. The zero-order valence-corrected chi connectivity index (χ0v) is 6.56. The van der Waals surface area contributed by atoms with Gasteiger partial charge in [-0.25, -0.2) is 0 Å². The van der Waals surface area contributed by atoms with Crippen LogP contribution in [0.5, 0.6) is 0 Å². The summed E-state index contributed by atoms with van der Waals surface area (Å²) in [5.41, 5.74) is 0. The van der Waals surface area contributed by atoms with Gasteiger partial charge in [0, 0.05) is 0 Å². The van der Waals surface area contributed by atoms with E-state index in [1.165, 1.54) is 0 Å². The number of ether oxygens (including phenoxy) is 2. The standard InChI is InChI=1S/C9H9NO2/c10-6-7-2-1-3-8-9(7)12-5-4-11-8/h1-3,7,9H,4-5H2. The molecule has 0 bridgehead atoms. The summed E-state index contributed by atoms with van der Waals surface area (Å²) < 4.78 is 10.8. The molecule has 0 saturated carbocycles. The van der Waals surface area contributed by atoms with Crippen molar-refractivity contribution in [1.82, 2.24) is 0 Å². The predicted molar refractivity (Wildman–Crippen MR) is 42.0 cm³/mol. The van der Waals surface area contributed by atoms with Crippen molar-refractivity contribution >= 4 is 0 Å². The van der Waals surface area contributed by atoms with Gasteiger partial charge in [0.1, 0.15) is 18.5 Å². The van der Waals surface area contributed by atoms with Crippen LogP contribution in [0.4, 0.5) is 0 Å². The fraction of sp³-hybridized carbons (Fsp3) is 0.444. The summed E-state index contributed by atoms with van der Waals surface area (Å²) in [6, 6.07) is 2.17. The number of nitriles is 1. The van der Waals surface area contributed by atoms with Crippen molar-refractivity contribution in [3.05, 3.63) is 24.0 Å². The lowest BCUT2D eigenvalue weighted by molar-refractivity contribution is -0.0523. The zero-order valence-electron chi connectivity index (χ0n) is 6.56. The zero-order chi connectivity index (χ0) is 8.39. The molecule has 2 aliphatic rings. The first-order chi connectivity index (χ1) is 5.92. The highest BCUT2D eigenvalue weighted by molar-refractivity contribution is 5.25. The van der Waals surface area contributed by atoms with Crippen LogP contribution in [0.25, 0.3) is 0 Å². The molecule has 1 fully saturated rings. The van der Waals surface area contributed by atoms with E-state index in [0.717, 1.165) is 5.76 Å². The lowest BCUT2D eigenvalue weighted by atomic mass is 9.97. The Hall–Kier alpha value is -1.27. The average Bonchev–Trinajstić information content (AvgIpc) is 2.17. The molecule has 1 aliphatic heterocycles. The van der Waals surface area contributed by atoms with Crippen molar-refractivity contribution in [2.45, 2.75) is 6.10 Å². The van der Waals surface area contributed by atoms with Gasteiger partial charge in [0.05, 0.1) is 18.6 Å². The van der Waals surface area contributed by atoms with E-state index in [0.29, 0.717) is 13.2 Å². The van der Waals surface area contributed by atoms with Gasteiger partial charge < -0.3 is 9.47 Å². The topological polar surface area (TPSA) is 42.2 Å². The van der Waals surface area contributed by atoms with Gasteiger partial charge in [-0.2, -0.15) is 5.26 Å². The molecule has 1 heterocycles. The Morgan fingerprint density at radius 2 is 2.42 bits per heavy atom. The van der Waals surface area contributed by atoms with Crippen LogP contribution in [-0.2, 0) is 9.47 Å². The second-order valence-corrected chi connectivity index (χ2v) is 2.75. The molecular weight excluding hydrogens is 154 g/mol. The minimum Gasteiger partial charge on any atom is -0.493 e. The largest absolute Gasteiger partial charge is 0.493 e. The number of allylic oxidation sites excluding steroid dienone is 2. The lowest BCUT2D eigenvalue weighted by Crippen LogP contribution is -2.33. The first-order valence-corrected chi connectivity index (χ1v) is 3.94. The van der Waals surface area contributed by atoms with Crippen LogP contribution < -0.4 is 0 Å². The maximum Gasteiger partial charge on any atom is 0.134 e. The molecule has 0 aromatic rings. The van der Waals surface area contributed by atoms with E-state index in [9.17, 15) is 0 Å². The van der Waals surface area contributed by atoms with Crippen molar-refractivity contribution in [1.29, 1.82) is 5.26 Å². The van der Waals surface area contributed by atoms with E-state index in [1.807, 2.05) is 18.2 Å². The summed E-state index contributed by atoms with van der Waals surface area (Å²) in [7, 11) is 0. The summed E-state index contributed by atoms with van der Waals surface area (Å²) in [5.74, 6) is 0.598. The normalized spacial score (nSPS) is 32.8. The summed E-state index contributed by atoms with van der Waals surface area (Å²) in [4.78, 5) is 0. The first kappa shape index (κ1) is 7.38. The third-order valence-electron chi connectivity index (χ3n) is 1.98. The lowest BCUT2D eigenvalue weighted by Gasteiger charge is -2.29. The summed E-state index contributed by atoms with van der Waals surface area (Å²) in [6.07, 6.45) is 5.36. The highest BCUT2D eigenvalue weighted by Gasteiger charge is 2.29. The third kappa shape index (κ3) is 1.10. The Morgan fingerprint density at radius 1 is 1.50 bits per heavy atom. The van der Waals surface area contributed by atoms with Gasteiger partial charge >= 0.3 is 0 Å². The number of hydrogen-bond donors (Lipinski definition) is 0. The molecule has 2 unspecified atom stereocenters. The number of hydrogen-bond acceptors (Lipinski definition) is 3. The van der Waals surface area contributed by atoms with Crippen LogP contribution in [-0.4, -0.2) is 19.3 Å². The molecule has 0 spiro atoms. The van der Waals surface area contributed by atoms with Gasteiger partial charge in [0.2, 0.25) is 0 Å². The Labute approximate surface area is 70.9 Å². The quantitative estimate of drug-likeness (QED) is 0.535. The van der Waals surface area contributed by atoms with Gasteiger partial charge in [-0.1, -0.05) is 12.2 Å². The van der Waals surface area contributed by atoms with Gasteiger partial charge in [-0.05, 0) is 6.08 Å². The summed E-state index contributed by atoms with van der Waals surface area (Å²) in [5, 5.41) is 8.77. The van der Waals surface area contributed by atoms with Gasteiger partial charge in [0.15, 0.2) is 0 Å². The Kier molecular flexibility index (Phi) is 1.84.